The third kappa shape index (κ3) is 7.24. The zero-order chi connectivity index (χ0) is 31.7. The van der Waals surface area contributed by atoms with Gasteiger partial charge in [0.25, 0.3) is 0 Å². The van der Waals surface area contributed by atoms with Crippen LogP contribution in [0.4, 0.5) is 0 Å². The highest BCUT2D eigenvalue weighted by atomic mass is 16.5. The topological polar surface area (TPSA) is 57.2 Å². The monoisotopic (exact) mass is 614 g/mol. The Hall–Kier alpha value is -4.26. The van der Waals surface area contributed by atoms with Crippen LogP contribution >= 0.6 is 0 Å². The first kappa shape index (κ1) is 31.7. The predicted octanol–water partition coefficient (Wildman–Crippen LogP) is 7.95. The average molecular weight is 615 g/mol. The Balaban J connectivity index is 1.31. The second kappa shape index (κ2) is 14.9. The summed E-state index contributed by atoms with van der Waals surface area (Å²) in [4.78, 5) is 0. The summed E-state index contributed by atoms with van der Waals surface area (Å²) in [6.07, 6.45) is 0.759. The molecule has 1 aliphatic carbocycles. The maximum atomic E-state index is 12.3. The second-order valence-electron chi connectivity index (χ2n) is 12.1. The van der Waals surface area contributed by atoms with Gasteiger partial charge in [0.15, 0.2) is 0 Å². The molecule has 5 aromatic rings. The molecule has 0 aromatic heterocycles. The van der Waals surface area contributed by atoms with E-state index in [1.807, 2.05) is 97.1 Å². The third-order valence-corrected chi connectivity index (χ3v) is 8.98. The fraction of sp³-hybridized carbons (Fsp3) is 0.268. The second-order valence-corrected chi connectivity index (χ2v) is 12.1. The van der Waals surface area contributed by atoms with Crippen LogP contribution < -0.4 is 4.74 Å². The Morgan fingerprint density at radius 2 is 1.11 bits per heavy atom. The molecule has 5 heteroatoms. The molecule has 0 unspecified atom stereocenters. The van der Waals surface area contributed by atoms with Gasteiger partial charge in [0.2, 0.25) is 0 Å². The van der Waals surface area contributed by atoms with Gasteiger partial charge in [-0.2, -0.15) is 0 Å². The van der Waals surface area contributed by atoms with Crippen molar-refractivity contribution in [2.24, 2.45) is 5.92 Å². The van der Waals surface area contributed by atoms with Crippen LogP contribution in [0.5, 0.6) is 5.75 Å². The lowest BCUT2D eigenvalue weighted by atomic mass is 9.79. The Morgan fingerprint density at radius 3 is 1.63 bits per heavy atom. The molecule has 1 saturated carbocycles. The smallest absolute Gasteiger partial charge is 0.144 e. The molecule has 3 atom stereocenters. The van der Waals surface area contributed by atoms with Gasteiger partial charge in [-0.05, 0) is 46.4 Å². The number of rotatable bonds is 14. The lowest BCUT2D eigenvalue weighted by molar-refractivity contribution is -0.102. The van der Waals surface area contributed by atoms with Crippen molar-refractivity contribution in [3.63, 3.8) is 0 Å². The van der Waals surface area contributed by atoms with E-state index in [-0.39, 0.29) is 18.6 Å². The van der Waals surface area contributed by atoms with Gasteiger partial charge in [0.05, 0.1) is 45.2 Å². The molecule has 236 valence electrons. The van der Waals surface area contributed by atoms with Gasteiger partial charge in [0.1, 0.15) is 11.4 Å². The van der Waals surface area contributed by atoms with Crippen molar-refractivity contribution >= 4 is 0 Å². The minimum Gasteiger partial charge on any atom is -0.497 e. The van der Waals surface area contributed by atoms with Crippen molar-refractivity contribution in [1.82, 2.24) is 0 Å². The molecule has 0 saturated heterocycles. The molecule has 0 amide bonds. The van der Waals surface area contributed by atoms with E-state index in [4.69, 9.17) is 18.9 Å². The molecule has 6 rings (SSSR count). The molecule has 46 heavy (non-hydrogen) atoms. The molecule has 0 spiro atoms. The fourth-order valence-corrected chi connectivity index (χ4v) is 6.61. The van der Waals surface area contributed by atoms with E-state index in [9.17, 15) is 5.11 Å². The Labute approximate surface area is 272 Å². The minimum atomic E-state index is -1.13. The van der Waals surface area contributed by atoms with E-state index in [1.165, 1.54) is 0 Å². The maximum absolute atomic E-state index is 12.3. The first-order valence-corrected chi connectivity index (χ1v) is 16.0. The Bertz CT molecular complexity index is 1570. The third-order valence-electron chi connectivity index (χ3n) is 8.98. The van der Waals surface area contributed by atoms with E-state index < -0.39 is 11.2 Å². The summed E-state index contributed by atoms with van der Waals surface area (Å²) in [5.74, 6) is 0.595. The predicted molar refractivity (Wildman–Crippen MR) is 181 cm³/mol. The summed E-state index contributed by atoms with van der Waals surface area (Å²) in [6.45, 7) is 1.49. The largest absolute Gasteiger partial charge is 0.497 e. The minimum absolute atomic E-state index is 0.183. The quantitative estimate of drug-likeness (QED) is 0.129. The summed E-state index contributed by atoms with van der Waals surface area (Å²) in [5, 5.41) is 12.3. The standard InChI is InChI=1S/C41H42O5/c1-43-38-24-22-36(23-25-38)41(34-18-10-4-11-19-34,35-20-12-5-13-21-35)46-39-26-37(30-44-28-32-14-6-2-7-15-32)40(42,27-39)31-45-29-33-16-8-3-9-17-33/h2-25,37,39,42H,26-31H2,1H3/t37-,39-,40+/m1/s1. The van der Waals surface area contributed by atoms with Crippen molar-refractivity contribution in [3.05, 3.63) is 173 Å². The molecule has 0 aliphatic heterocycles. The summed E-state index contributed by atoms with van der Waals surface area (Å²) < 4.78 is 25.3. The number of hydrogen-bond acceptors (Lipinski definition) is 5. The zero-order valence-corrected chi connectivity index (χ0v) is 26.3. The molecule has 0 radical (unpaired) electrons. The molecule has 0 bridgehead atoms. The van der Waals surface area contributed by atoms with Crippen LogP contribution in [-0.2, 0) is 33.0 Å². The van der Waals surface area contributed by atoms with Crippen LogP contribution in [0.25, 0.3) is 0 Å². The molecule has 5 aromatic carbocycles. The number of benzene rings is 5. The van der Waals surface area contributed by atoms with E-state index in [2.05, 4.69) is 48.5 Å². The normalized spacial score (nSPS) is 19.6. The van der Waals surface area contributed by atoms with Crippen molar-refractivity contribution in [3.8, 4) is 5.75 Å². The number of aliphatic hydroxyl groups is 1. The summed E-state index contributed by atoms with van der Waals surface area (Å²) >= 11 is 0. The van der Waals surface area contributed by atoms with E-state index in [0.717, 1.165) is 33.6 Å². The lowest BCUT2D eigenvalue weighted by Gasteiger charge is -2.38. The van der Waals surface area contributed by atoms with Gasteiger partial charge in [-0.25, -0.2) is 0 Å². The van der Waals surface area contributed by atoms with Crippen LogP contribution in [0.3, 0.4) is 0 Å². The van der Waals surface area contributed by atoms with Gasteiger partial charge in [-0.1, -0.05) is 133 Å². The number of ether oxygens (including phenoxy) is 4. The van der Waals surface area contributed by atoms with Crippen LogP contribution in [-0.4, -0.2) is 37.1 Å². The zero-order valence-electron chi connectivity index (χ0n) is 26.3. The number of hydrogen-bond donors (Lipinski definition) is 1. The van der Waals surface area contributed by atoms with Crippen LogP contribution in [0, 0.1) is 5.92 Å². The van der Waals surface area contributed by atoms with Crippen molar-refractivity contribution < 1.29 is 24.1 Å². The van der Waals surface area contributed by atoms with Gasteiger partial charge >= 0.3 is 0 Å². The molecule has 1 fully saturated rings. The summed E-state index contributed by atoms with van der Waals surface area (Å²) in [5.41, 5.74) is 3.13. The number of methoxy groups -OCH3 is 1. The molecular formula is C41H42O5. The van der Waals surface area contributed by atoms with E-state index >= 15 is 0 Å². The van der Waals surface area contributed by atoms with E-state index in [0.29, 0.717) is 32.7 Å². The first-order chi connectivity index (χ1) is 22.6. The summed E-state index contributed by atoms with van der Waals surface area (Å²) in [6, 6.07) is 49.0. The summed E-state index contributed by atoms with van der Waals surface area (Å²) in [7, 11) is 1.67. The molecule has 1 N–H and O–H groups in total. The van der Waals surface area contributed by atoms with Crippen LogP contribution in [0.2, 0.25) is 0 Å². The average Bonchev–Trinajstić information content (AvgIpc) is 3.43. The molecule has 0 heterocycles. The van der Waals surface area contributed by atoms with Crippen molar-refractivity contribution in [2.45, 2.75) is 43.4 Å². The van der Waals surface area contributed by atoms with Crippen LogP contribution in [0.15, 0.2) is 146 Å². The SMILES string of the molecule is COc1ccc(C(O[C@@H]2C[C@H](COCc3ccccc3)[C@@](O)(COCc3ccccc3)C2)(c2ccccc2)c2ccccc2)cc1. The van der Waals surface area contributed by atoms with E-state index in [1.54, 1.807) is 7.11 Å². The highest BCUT2D eigenvalue weighted by molar-refractivity contribution is 5.48. The van der Waals surface area contributed by atoms with Gasteiger partial charge < -0.3 is 24.1 Å². The first-order valence-electron chi connectivity index (χ1n) is 16.0. The molecule has 5 nitrogen and oxygen atoms in total. The van der Waals surface area contributed by atoms with Crippen LogP contribution in [0.1, 0.15) is 40.7 Å². The van der Waals surface area contributed by atoms with Gasteiger partial charge in [-0.15, -0.1) is 0 Å². The van der Waals surface area contributed by atoms with Gasteiger partial charge in [0, 0.05) is 12.3 Å². The highest BCUT2D eigenvalue weighted by Crippen LogP contribution is 2.47. The van der Waals surface area contributed by atoms with Crippen molar-refractivity contribution in [2.75, 3.05) is 20.3 Å². The van der Waals surface area contributed by atoms with Crippen molar-refractivity contribution in [1.29, 1.82) is 0 Å². The fourth-order valence-electron chi connectivity index (χ4n) is 6.61. The van der Waals surface area contributed by atoms with Gasteiger partial charge in [-0.3, -0.25) is 0 Å². The lowest BCUT2D eigenvalue weighted by Crippen LogP contribution is -2.41. The molecular weight excluding hydrogens is 572 g/mol. The Morgan fingerprint density at radius 1 is 0.630 bits per heavy atom. The maximum Gasteiger partial charge on any atom is 0.144 e. The Kier molecular flexibility index (Phi) is 10.3. The highest BCUT2D eigenvalue weighted by Gasteiger charge is 2.50. The molecule has 1 aliphatic rings.